The van der Waals surface area contributed by atoms with Gasteiger partial charge in [0.1, 0.15) is 0 Å². The predicted octanol–water partition coefficient (Wildman–Crippen LogP) is 5.78. The second kappa shape index (κ2) is 10.5. The number of ether oxygens (including phenoxy) is 1. The maximum absolute atomic E-state index is 13.7. The lowest BCUT2D eigenvalue weighted by atomic mass is 10.2. The number of hydrogen-bond donors (Lipinski definition) is 0. The fourth-order valence-corrected chi connectivity index (χ4v) is 10.6. The molecule has 0 unspecified atom stereocenters. The summed E-state index contributed by atoms with van der Waals surface area (Å²) >= 11 is 0. The third-order valence-electron chi connectivity index (χ3n) is 6.67. The Bertz CT molecular complexity index is 1350. The Hall–Kier alpha value is -3.38. The number of carbonyl (C=O) groups is 2. The first-order valence-corrected chi connectivity index (χ1v) is 14.9. The van der Waals surface area contributed by atoms with Gasteiger partial charge in [-0.05, 0) is 87.0 Å². The molecule has 5 rings (SSSR count). The second-order valence-corrected chi connectivity index (χ2v) is 13.4. The number of esters is 2. The van der Waals surface area contributed by atoms with Crippen LogP contribution in [-0.4, -0.2) is 11.9 Å². The molecule has 0 N–H and O–H groups in total. The Labute approximate surface area is 220 Å². The molecule has 184 valence electrons. The highest BCUT2D eigenvalue weighted by molar-refractivity contribution is 7.82. The fourth-order valence-electron chi connectivity index (χ4n) is 4.77. The SMILES string of the molecule is Cc1ccccc1P(C1=C(P(c2ccccc2C)c2ccccc2C)C(=O)OC1=O)c1ccccc1C. The number of hydrogen-bond acceptors (Lipinski definition) is 3. The summed E-state index contributed by atoms with van der Waals surface area (Å²) in [6.45, 7) is 8.27. The zero-order chi connectivity index (χ0) is 26.1. The molecule has 0 atom stereocenters. The monoisotopic (exact) mass is 522 g/mol. The second-order valence-electron chi connectivity index (χ2n) is 9.19. The van der Waals surface area contributed by atoms with Crippen LogP contribution >= 0.6 is 15.8 Å². The van der Waals surface area contributed by atoms with Gasteiger partial charge >= 0.3 is 11.9 Å². The lowest BCUT2D eigenvalue weighted by Gasteiger charge is -2.26. The first-order valence-electron chi connectivity index (χ1n) is 12.2. The van der Waals surface area contributed by atoms with Crippen molar-refractivity contribution in [1.82, 2.24) is 0 Å². The van der Waals surface area contributed by atoms with Gasteiger partial charge in [0.2, 0.25) is 0 Å². The fraction of sp³-hybridized carbons (Fsp3) is 0.125. The van der Waals surface area contributed by atoms with Gasteiger partial charge in [0.05, 0.1) is 10.6 Å². The summed E-state index contributed by atoms with van der Waals surface area (Å²) < 4.78 is 5.47. The first kappa shape index (κ1) is 25.3. The molecular formula is C32H28O3P2. The van der Waals surface area contributed by atoms with Crippen LogP contribution in [0.1, 0.15) is 22.3 Å². The first-order chi connectivity index (χ1) is 17.9. The number of benzene rings is 4. The van der Waals surface area contributed by atoms with Crippen LogP contribution < -0.4 is 21.2 Å². The average molecular weight is 523 g/mol. The molecule has 0 spiro atoms. The van der Waals surface area contributed by atoms with E-state index in [2.05, 4.69) is 76.2 Å². The van der Waals surface area contributed by atoms with Crippen molar-refractivity contribution in [3.63, 3.8) is 0 Å². The highest BCUT2D eigenvalue weighted by atomic mass is 31.1. The molecule has 0 saturated heterocycles. The summed E-state index contributed by atoms with van der Waals surface area (Å²) in [6.07, 6.45) is 0. The molecule has 0 aromatic heterocycles. The van der Waals surface area contributed by atoms with E-state index in [0.29, 0.717) is 10.6 Å². The molecule has 0 aliphatic carbocycles. The van der Waals surface area contributed by atoms with E-state index in [9.17, 15) is 9.59 Å². The Balaban J connectivity index is 1.89. The van der Waals surface area contributed by atoms with E-state index >= 15 is 0 Å². The van der Waals surface area contributed by atoms with Gasteiger partial charge in [0.25, 0.3) is 0 Å². The van der Waals surface area contributed by atoms with Crippen LogP contribution in [0.25, 0.3) is 0 Å². The van der Waals surface area contributed by atoms with Crippen molar-refractivity contribution in [2.45, 2.75) is 27.7 Å². The zero-order valence-corrected chi connectivity index (χ0v) is 23.1. The van der Waals surface area contributed by atoms with Crippen molar-refractivity contribution in [3.05, 3.63) is 130 Å². The quantitative estimate of drug-likeness (QED) is 0.183. The Morgan fingerprint density at radius 2 is 0.676 bits per heavy atom. The highest BCUT2D eigenvalue weighted by Gasteiger charge is 2.44. The van der Waals surface area contributed by atoms with Gasteiger partial charge in [0.15, 0.2) is 0 Å². The van der Waals surface area contributed by atoms with Gasteiger partial charge in [-0.15, -0.1) is 0 Å². The third-order valence-corrected chi connectivity index (χ3v) is 12.5. The smallest absolute Gasteiger partial charge is 0.348 e. The molecule has 1 heterocycles. The molecule has 1 aliphatic rings. The van der Waals surface area contributed by atoms with Crippen LogP contribution in [0.4, 0.5) is 0 Å². The molecule has 4 aromatic carbocycles. The number of rotatable bonds is 6. The van der Waals surface area contributed by atoms with Crippen molar-refractivity contribution in [2.24, 2.45) is 0 Å². The van der Waals surface area contributed by atoms with Crippen LogP contribution in [0.3, 0.4) is 0 Å². The summed E-state index contributed by atoms with van der Waals surface area (Å²) in [7, 11) is -2.66. The van der Waals surface area contributed by atoms with E-state index in [1.165, 1.54) is 0 Å². The summed E-state index contributed by atoms with van der Waals surface area (Å²) in [6, 6.07) is 32.6. The summed E-state index contributed by atoms with van der Waals surface area (Å²) in [4.78, 5) is 27.3. The van der Waals surface area contributed by atoms with E-state index in [-0.39, 0.29) is 0 Å². The molecule has 3 nitrogen and oxygen atoms in total. The van der Waals surface area contributed by atoms with Gasteiger partial charge in [0, 0.05) is 0 Å². The van der Waals surface area contributed by atoms with E-state index in [4.69, 9.17) is 4.74 Å². The summed E-state index contributed by atoms with van der Waals surface area (Å²) in [5.74, 6) is -1.04. The van der Waals surface area contributed by atoms with Crippen LogP contribution in [0.5, 0.6) is 0 Å². The van der Waals surface area contributed by atoms with Crippen LogP contribution in [0, 0.1) is 27.7 Å². The summed E-state index contributed by atoms with van der Waals surface area (Å²) in [5.41, 5.74) is 4.36. The van der Waals surface area contributed by atoms with Crippen LogP contribution in [-0.2, 0) is 14.3 Å². The lowest BCUT2D eigenvalue weighted by molar-refractivity contribution is -0.150. The normalized spacial score (nSPS) is 13.6. The van der Waals surface area contributed by atoms with Gasteiger partial charge in [-0.2, -0.15) is 0 Å². The van der Waals surface area contributed by atoms with E-state index in [1.54, 1.807) is 0 Å². The number of carbonyl (C=O) groups excluding carboxylic acids is 2. The lowest BCUT2D eigenvalue weighted by Crippen LogP contribution is -2.22. The van der Waals surface area contributed by atoms with E-state index < -0.39 is 27.8 Å². The Morgan fingerprint density at radius 3 is 0.919 bits per heavy atom. The molecule has 0 amide bonds. The van der Waals surface area contributed by atoms with Gasteiger partial charge < -0.3 is 4.74 Å². The molecule has 0 bridgehead atoms. The Morgan fingerprint density at radius 1 is 0.432 bits per heavy atom. The topological polar surface area (TPSA) is 43.4 Å². The Kier molecular flexibility index (Phi) is 7.20. The molecule has 37 heavy (non-hydrogen) atoms. The molecule has 0 saturated carbocycles. The standard InChI is InChI=1S/C32H28O3P2/c1-21-13-5-9-17-25(21)36(26-18-10-6-14-22(26)2)29-30(32(34)35-31(29)33)37(27-19-11-7-15-23(27)3)28-20-12-8-16-24(28)4/h5-20H,1-4H3. The van der Waals surface area contributed by atoms with Crippen LogP contribution in [0.2, 0.25) is 0 Å². The van der Waals surface area contributed by atoms with Gasteiger partial charge in [-0.1, -0.05) is 97.1 Å². The minimum absolute atomic E-state index is 0.515. The minimum Gasteiger partial charge on any atom is -0.386 e. The highest BCUT2D eigenvalue weighted by Crippen LogP contribution is 2.57. The number of cyclic esters (lactones) is 2. The van der Waals surface area contributed by atoms with Crippen molar-refractivity contribution >= 4 is 49.0 Å². The van der Waals surface area contributed by atoms with Crippen molar-refractivity contribution in [3.8, 4) is 0 Å². The van der Waals surface area contributed by atoms with Gasteiger partial charge in [-0.25, -0.2) is 9.59 Å². The van der Waals surface area contributed by atoms with Crippen molar-refractivity contribution in [2.75, 3.05) is 0 Å². The molecule has 0 fully saturated rings. The molecule has 5 heteroatoms. The molecule has 0 radical (unpaired) electrons. The average Bonchev–Trinajstić information content (AvgIpc) is 3.17. The van der Waals surface area contributed by atoms with E-state index in [1.807, 2.05) is 48.5 Å². The molecule has 1 aliphatic heterocycles. The van der Waals surface area contributed by atoms with E-state index in [0.717, 1.165) is 43.5 Å². The third kappa shape index (κ3) is 4.71. The maximum atomic E-state index is 13.7. The summed E-state index contributed by atoms with van der Waals surface area (Å²) in [5, 5.41) is 5.29. The molecular weight excluding hydrogens is 494 g/mol. The largest absolute Gasteiger partial charge is 0.386 e. The van der Waals surface area contributed by atoms with Crippen LogP contribution in [0.15, 0.2) is 108 Å². The predicted molar refractivity (Wildman–Crippen MR) is 155 cm³/mol. The minimum atomic E-state index is -1.33. The zero-order valence-electron chi connectivity index (χ0n) is 21.4. The molecule has 4 aromatic rings. The van der Waals surface area contributed by atoms with Crippen molar-refractivity contribution in [1.29, 1.82) is 0 Å². The van der Waals surface area contributed by atoms with Gasteiger partial charge in [-0.3, -0.25) is 0 Å². The number of aryl methyl sites for hydroxylation is 4. The van der Waals surface area contributed by atoms with Crippen molar-refractivity contribution < 1.29 is 14.3 Å². The maximum Gasteiger partial charge on any atom is 0.348 e.